The molecule has 2 amide bonds. The molecular formula is C15H14F2N2O. The summed E-state index contributed by atoms with van der Waals surface area (Å²) >= 11 is 0. The zero-order valence-electron chi connectivity index (χ0n) is 10.7. The summed E-state index contributed by atoms with van der Waals surface area (Å²) in [5, 5.41) is 5.09. The largest absolute Gasteiger partial charge is 0.338 e. The first kappa shape index (κ1) is 14.0. The quantitative estimate of drug-likeness (QED) is 0.883. The predicted molar refractivity (Wildman–Crippen MR) is 73.5 cm³/mol. The van der Waals surface area contributed by atoms with Crippen LogP contribution in [0.5, 0.6) is 0 Å². The molecule has 0 heterocycles. The van der Waals surface area contributed by atoms with Gasteiger partial charge in [0.1, 0.15) is 0 Å². The zero-order chi connectivity index (χ0) is 14.4. The molecule has 2 rings (SSSR count). The van der Waals surface area contributed by atoms with Crippen molar-refractivity contribution in [2.24, 2.45) is 0 Å². The summed E-state index contributed by atoms with van der Waals surface area (Å²) in [4.78, 5) is 11.6. The maximum atomic E-state index is 13.0. The van der Waals surface area contributed by atoms with Gasteiger partial charge in [0.2, 0.25) is 0 Å². The van der Waals surface area contributed by atoms with Gasteiger partial charge in [-0.15, -0.1) is 0 Å². The van der Waals surface area contributed by atoms with Crippen molar-refractivity contribution in [2.75, 3.05) is 11.9 Å². The van der Waals surface area contributed by atoms with E-state index in [9.17, 15) is 13.6 Å². The molecule has 0 aliphatic carbocycles. The molecule has 0 spiro atoms. The van der Waals surface area contributed by atoms with Crippen LogP contribution < -0.4 is 10.6 Å². The van der Waals surface area contributed by atoms with Gasteiger partial charge in [-0.25, -0.2) is 13.6 Å². The number of carbonyl (C=O) groups excluding carboxylic acids is 1. The van der Waals surface area contributed by atoms with Gasteiger partial charge in [-0.1, -0.05) is 30.3 Å². The number of rotatable bonds is 4. The lowest BCUT2D eigenvalue weighted by atomic mass is 10.1. The zero-order valence-corrected chi connectivity index (χ0v) is 10.7. The molecule has 104 valence electrons. The molecule has 2 aromatic rings. The Morgan fingerprint density at radius 1 is 1.00 bits per heavy atom. The van der Waals surface area contributed by atoms with Crippen LogP contribution in [0.2, 0.25) is 0 Å². The first-order chi connectivity index (χ1) is 9.65. The normalized spacial score (nSPS) is 10.1. The predicted octanol–water partition coefficient (Wildman–Crippen LogP) is 3.33. The molecule has 0 unspecified atom stereocenters. The van der Waals surface area contributed by atoms with E-state index in [4.69, 9.17) is 0 Å². The Morgan fingerprint density at radius 2 is 1.75 bits per heavy atom. The topological polar surface area (TPSA) is 41.1 Å². The maximum Gasteiger partial charge on any atom is 0.319 e. The minimum Gasteiger partial charge on any atom is -0.338 e. The average molecular weight is 276 g/mol. The molecule has 2 aromatic carbocycles. The van der Waals surface area contributed by atoms with Gasteiger partial charge in [-0.2, -0.15) is 0 Å². The van der Waals surface area contributed by atoms with Crippen LogP contribution in [-0.2, 0) is 6.42 Å². The molecular weight excluding hydrogens is 262 g/mol. The van der Waals surface area contributed by atoms with E-state index in [2.05, 4.69) is 10.6 Å². The number of hydrogen-bond donors (Lipinski definition) is 2. The number of benzene rings is 2. The Balaban J connectivity index is 1.79. The second-order valence-electron chi connectivity index (χ2n) is 4.25. The molecule has 0 atom stereocenters. The molecule has 3 nitrogen and oxygen atoms in total. The van der Waals surface area contributed by atoms with Crippen LogP contribution in [0.25, 0.3) is 0 Å². The van der Waals surface area contributed by atoms with E-state index in [1.165, 1.54) is 6.07 Å². The van der Waals surface area contributed by atoms with Crippen LogP contribution in [0.4, 0.5) is 19.3 Å². The first-order valence-electron chi connectivity index (χ1n) is 6.19. The minimum atomic E-state index is -0.993. The molecule has 0 radical (unpaired) electrons. The van der Waals surface area contributed by atoms with Crippen molar-refractivity contribution in [1.29, 1.82) is 0 Å². The molecule has 0 aromatic heterocycles. The summed E-state index contributed by atoms with van der Waals surface area (Å²) in [5.41, 5.74) is 1.32. The molecule has 0 aliphatic heterocycles. The summed E-state index contributed by atoms with van der Waals surface area (Å²) in [6, 6.07) is 12.5. The van der Waals surface area contributed by atoms with Gasteiger partial charge in [0.15, 0.2) is 11.6 Å². The molecule has 0 saturated heterocycles. The molecule has 0 aliphatic rings. The van der Waals surface area contributed by atoms with Gasteiger partial charge in [-0.3, -0.25) is 0 Å². The highest BCUT2D eigenvalue weighted by molar-refractivity contribution is 5.89. The van der Waals surface area contributed by atoms with E-state index in [0.717, 1.165) is 17.7 Å². The SMILES string of the molecule is O=C(NCCc1ccccc1)Nc1ccc(F)c(F)c1. The number of carbonyl (C=O) groups is 1. The lowest BCUT2D eigenvalue weighted by Crippen LogP contribution is -2.30. The number of anilines is 1. The fourth-order valence-corrected chi connectivity index (χ4v) is 1.71. The van der Waals surface area contributed by atoms with Crippen molar-refractivity contribution in [3.63, 3.8) is 0 Å². The molecule has 20 heavy (non-hydrogen) atoms. The van der Waals surface area contributed by atoms with Crippen LogP contribution in [0.1, 0.15) is 5.56 Å². The Bertz CT molecular complexity index is 588. The lowest BCUT2D eigenvalue weighted by Gasteiger charge is -2.08. The van der Waals surface area contributed by atoms with Gasteiger partial charge in [0.05, 0.1) is 0 Å². The average Bonchev–Trinajstić information content (AvgIpc) is 2.44. The smallest absolute Gasteiger partial charge is 0.319 e. The number of hydrogen-bond acceptors (Lipinski definition) is 1. The second kappa shape index (κ2) is 6.65. The van der Waals surface area contributed by atoms with Gasteiger partial charge in [0.25, 0.3) is 0 Å². The summed E-state index contributed by atoms with van der Waals surface area (Å²) in [6.45, 7) is 0.458. The number of amides is 2. The highest BCUT2D eigenvalue weighted by atomic mass is 19.2. The Labute approximate surface area is 115 Å². The number of nitrogens with one attached hydrogen (secondary N) is 2. The highest BCUT2D eigenvalue weighted by Crippen LogP contribution is 2.12. The molecule has 0 bridgehead atoms. The first-order valence-corrected chi connectivity index (χ1v) is 6.19. The van der Waals surface area contributed by atoms with Gasteiger partial charge < -0.3 is 10.6 Å². The van der Waals surface area contributed by atoms with Crippen molar-refractivity contribution in [3.8, 4) is 0 Å². The van der Waals surface area contributed by atoms with E-state index in [1.807, 2.05) is 30.3 Å². The molecule has 2 N–H and O–H groups in total. The Kier molecular flexibility index (Phi) is 4.65. The maximum absolute atomic E-state index is 13.0. The van der Waals surface area contributed by atoms with Gasteiger partial charge >= 0.3 is 6.03 Å². The van der Waals surface area contributed by atoms with Crippen molar-refractivity contribution >= 4 is 11.7 Å². The van der Waals surface area contributed by atoms with Crippen LogP contribution in [-0.4, -0.2) is 12.6 Å². The van der Waals surface area contributed by atoms with E-state index < -0.39 is 17.7 Å². The van der Waals surface area contributed by atoms with Crippen LogP contribution >= 0.6 is 0 Å². The molecule has 0 saturated carbocycles. The Morgan fingerprint density at radius 3 is 2.45 bits per heavy atom. The summed E-state index contributed by atoms with van der Waals surface area (Å²) in [7, 11) is 0. The van der Waals surface area contributed by atoms with Crippen LogP contribution in [0.3, 0.4) is 0 Å². The van der Waals surface area contributed by atoms with Crippen molar-refractivity contribution in [2.45, 2.75) is 6.42 Å². The van der Waals surface area contributed by atoms with Crippen molar-refractivity contribution < 1.29 is 13.6 Å². The van der Waals surface area contributed by atoms with Crippen molar-refractivity contribution in [1.82, 2.24) is 5.32 Å². The molecule has 5 heteroatoms. The minimum absolute atomic E-state index is 0.209. The van der Waals surface area contributed by atoms with Gasteiger partial charge in [-0.05, 0) is 24.1 Å². The number of urea groups is 1. The second-order valence-corrected chi connectivity index (χ2v) is 4.25. The monoisotopic (exact) mass is 276 g/mol. The third kappa shape index (κ3) is 4.05. The highest BCUT2D eigenvalue weighted by Gasteiger charge is 2.05. The lowest BCUT2D eigenvalue weighted by molar-refractivity contribution is 0.252. The third-order valence-corrected chi connectivity index (χ3v) is 2.72. The third-order valence-electron chi connectivity index (χ3n) is 2.72. The van der Waals surface area contributed by atoms with Crippen LogP contribution in [0.15, 0.2) is 48.5 Å². The molecule has 0 fully saturated rings. The van der Waals surface area contributed by atoms with Crippen molar-refractivity contribution in [3.05, 3.63) is 65.7 Å². The van der Waals surface area contributed by atoms with E-state index in [1.54, 1.807) is 0 Å². The fourth-order valence-electron chi connectivity index (χ4n) is 1.71. The summed E-state index contributed by atoms with van der Waals surface area (Å²) < 4.78 is 25.7. The standard InChI is InChI=1S/C15H14F2N2O/c16-13-7-6-12(10-14(13)17)19-15(20)18-9-8-11-4-2-1-3-5-11/h1-7,10H,8-9H2,(H2,18,19,20). The van der Waals surface area contributed by atoms with E-state index >= 15 is 0 Å². The van der Waals surface area contributed by atoms with Gasteiger partial charge in [0, 0.05) is 18.3 Å². The van der Waals surface area contributed by atoms with E-state index in [0.29, 0.717) is 13.0 Å². The van der Waals surface area contributed by atoms with Crippen LogP contribution in [0, 0.1) is 11.6 Å². The summed E-state index contributed by atoms with van der Waals surface area (Å²) in [6.07, 6.45) is 0.700. The fraction of sp³-hybridized carbons (Fsp3) is 0.133. The number of halogens is 2. The van der Waals surface area contributed by atoms with E-state index in [-0.39, 0.29) is 5.69 Å². The Hall–Kier alpha value is -2.43. The summed E-state index contributed by atoms with van der Waals surface area (Å²) in [5.74, 6) is -1.94.